The normalized spacial score (nSPS) is 11.5. The average Bonchev–Trinajstić information content (AvgIpc) is 2.22. The van der Waals surface area contributed by atoms with Crippen molar-refractivity contribution in [2.24, 2.45) is 5.73 Å². The molecule has 1 aromatic rings. The van der Waals surface area contributed by atoms with Gasteiger partial charge >= 0.3 is 5.97 Å². The maximum Gasteiger partial charge on any atom is 0.322 e. The number of methoxy groups -OCH3 is 1. The van der Waals surface area contributed by atoms with E-state index in [1.165, 1.54) is 19.2 Å². The maximum atomic E-state index is 13.0. The highest BCUT2D eigenvalue weighted by Gasteiger charge is 2.14. The largest absolute Gasteiger partial charge is 0.468 e. The van der Waals surface area contributed by atoms with Crippen molar-refractivity contribution in [3.8, 4) is 0 Å². The van der Waals surface area contributed by atoms with E-state index >= 15 is 0 Å². The number of benzene rings is 1. The molecule has 0 aromatic heterocycles. The molecule has 0 spiro atoms. The summed E-state index contributed by atoms with van der Waals surface area (Å²) in [6.07, 6.45) is 0.223. The molecule has 0 amide bonds. The van der Waals surface area contributed by atoms with Gasteiger partial charge in [0.05, 0.1) is 12.1 Å². The van der Waals surface area contributed by atoms with Crippen LogP contribution in [0.4, 0.5) is 4.39 Å². The Balaban J connectivity index is 0.00000225. The fourth-order valence-corrected chi connectivity index (χ4v) is 1.27. The molecule has 0 unspecified atom stereocenters. The molecule has 0 aliphatic carbocycles. The second kappa shape index (κ2) is 6.68. The molecule has 90 valence electrons. The van der Waals surface area contributed by atoms with Crippen molar-refractivity contribution < 1.29 is 13.9 Å². The highest BCUT2D eigenvalue weighted by molar-refractivity contribution is 6.30. The molecule has 0 saturated heterocycles. The van der Waals surface area contributed by atoms with Gasteiger partial charge in [0.1, 0.15) is 11.9 Å². The molecule has 0 heterocycles. The van der Waals surface area contributed by atoms with Crippen LogP contribution in [0.25, 0.3) is 0 Å². The lowest BCUT2D eigenvalue weighted by atomic mass is 10.1. The predicted molar refractivity (Wildman–Crippen MR) is 62.4 cm³/mol. The summed E-state index contributed by atoms with van der Waals surface area (Å²) in [5.74, 6) is -1.04. The Bertz CT molecular complexity index is 374. The molecule has 2 N–H and O–H groups in total. The number of hydrogen-bond donors (Lipinski definition) is 1. The van der Waals surface area contributed by atoms with Crippen molar-refractivity contribution in [3.05, 3.63) is 34.6 Å². The zero-order chi connectivity index (χ0) is 11.4. The highest BCUT2D eigenvalue weighted by atomic mass is 35.5. The topological polar surface area (TPSA) is 52.3 Å². The van der Waals surface area contributed by atoms with E-state index in [9.17, 15) is 9.18 Å². The van der Waals surface area contributed by atoms with E-state index < -0.39 is 17.8 Å². The molecular weight excluding hydrogens is 256 g/mol. The number of rotatable bonds is 3. The molecule has 0 fully saturated rings. The van der Waals surface area contributed by atoms with E-state index in [1.54, 1.807) is 6.07 Å². The minimum atomic E-state index is -0.782. The first-order valence-corrected chi connectivity index (χ1v) is 4.69. The summed E-state index contributed by atoms with van der Waals surface area (Å²) in [4.78, 5) is 11.0. The van der Waals surface area contributed by atoms with Gasteiger partial charge in [-0.05, 0) is 24.1 Å². The van der Waals surface area contributed by atoms with Crippen LogP contribution in [0, 0.1) is 5.82 Å². The quantitative estimate of drug-likeness (QED) is 0.852. The number of ether oxygens (including phenoxy) is 1. The van der Waals surface area contributed by atoms with Gasteiger partial charge in [-0.3, -0.25) is 4.79 Å². The molecular formula is C10H12Cl2FNO2. The smallest absolute Gasteiger partial charge is 0.322 e. The van der Waals surface area contributed by atoms with Crippen molar-refractivity contribution in [1.29, 1.82) is 0 Å². The van der Waals surface area contributed by atoms with E-state index in [-0.39, 0.29) is 23.9 Å². The second-order valence-electron chi connectivity index (χ2n) is 3.08. The molecule has 1 atom stereocenters. The Morgan fingerprint density at radius 3 is 2.75 bits per heavy atom. The Morgan fingerprint density at radius 2 is 2.25 bits per heavy atom. The summed E-state index contributed by atoms with van der Waals surface area (Å²) in [5.41, 5.74) is 6.12. The molecule has 1 aromatic carbocycles. The molecule has 1 rings (SSSR count). The third kappa shape index (κ3) is 3.96. The van der Waals surface area contributed by atoms with Gasteiger partial charge in [-0.2, -0.15) is 0 Å². The lowest BCUT2D eigenvalue weighted by Crippen LogP contribution is -2.33. The van der Waals surface area contributed by atoms with Gasteiger partial charge in [-0.1, -0.05) is 17.7 Å². The number of carbonyl (C=O) groups is 1. The summed E-state index contributed by atoms with van der Waals surface area (Å²) < 4.78 is 17.5. The molecule has 3 nitrogen and oxygen atoms in total. The minimum Gasteiger partial charge on any atom is -0.468 e. The van der Waals surface area contributed by atoms with Gasteiger partial charge in [-0.25, -0.2) is 4.39 Å². The zero-order valence-electron chi connectivity index (χ0n) is 8.57. The summed E-state index contributed by atoms with van der Waals surface area (Å²) >= 11 is 5.51. The first-order valence-electron chi connectivity index (χ1n) is 4.32. The van der Waals surface area contributed by atoms with Crippen LogP contribution < -0.4 is 5.73 Å². The fraction of sp³-hybridized carbons (Fsp3) is 0.300. The monoisotopic (exact) mass is 267 g/mol. The third-order valence-electron chi connectivity index (χ3n) is 1.94. The van der Waals surface area contributed by atoms with Gasteiger partial charge in [0.15, 0.2) is 0 Å². The van der Waals surface area contributed by atoms with Gasteiger partial charge in [0, 0.05) is 0 Å². The molecule has 16 heavy (non-hydrogen) atoms. The van der Waals surface area contributed by atoms with E-state index in [2.05, 4.69) is 4.74 Å². The Morgan fingerprint density at radius 1 is 1.62 bits per heavy atom. The molecule has 0 saturated carbocycles. The maximum absolute atomic E-state index is 13.0. The SMILES string of the molecule is COC(=O)[C@H](N)Cc1ccc(Cl)c(F)c1.Cl. The summed E-state index contributed by atoms with van der Waals surface area (Å²) in [6, 6.07) is 3.52. The molecule has 6 heteroatoms. The molecule has 0 bridgehead atoms. The first kappa shape index (κ1) is 15.2. The molecule has 0 aliphatic heterocycles. The van der Waals surface area contributed by atoms with E-state index in [0.29, 0.717) is 5.56 Å². The van der Waals surface area contributed by atoms with Gasteiger partial charge in [0.2, 0.25) is 0 Å². The molecule has 0 aliphatic rings. The Labute approximate surface area is 104 Å². The van der Waals surface area contributed by atoms with Gasteiger partial charge in [-0.15, -0.1) is 12.4 Å². The van der Waals surface area contributed by atoms with Crippen molar-refractivity contribution in [2.45, 2.75) is 12.5 Å². The van der Waals surface area contributed by atoms with Crippen LogP contribution in [-0.2, 0) is 16.0 Å². The summed E-state index contributed by atoms with van der Waals surface area (Å²) in [5, 5.41) is 0.0467. The summed E-state index contributed by atoms with van der Waals surface area (Å²) in [7, 11) is 1.25. The van der Waals surface area contributed by atoms with Crippen molar-refractivity contribution in [1.82, 2.24) is 0 Å². The standard InChI is InChI=1S/C10H11ClFNO2.ClH/c1-15-10(14)9(13)5-6-2-3-7(11)8(12)4-6;/h2-4,9H,5,13H2,1H3;1H/t9-;/m1./s1. The second-order valence-corrected chi connectivity index (χ2v) is 3.49. The van der Waals surface area contributed by atoms with E-state index in [1.807, 2.05) is 0 Å². The lowest BCUT2D eigenvalue weighted by molar-refractivity contribution is -0.142. The number of halogens is 3. The number of hydrogen-bond acceptors (Lipinski definition) is 3. The minimum absolute atomic E-state index is 0. The van der Waals surface area contributed by atoms with Crippen LogP contribution in [-0.4, -0.2) is 19.1 Å². The van der Waals surface area contributed by atoms with E-state index in [4.69, 9.17) is 17.3 Å². The Hall–Kier alpha value is -0.840. The number of esters is 1. The fourth-order valence-electron chi connectivity index (χ4n) is 1.16. The van der Waals surface area contributed by atoms with Crippen LogP contribution in [0.15, 0.2) is 18.2 Å². The zero-order valence-corrected chi connectivity index (χ0v) is 10.1. The van der Waals surface area contributed by atoms with Crippen LogP contribution in [0.1, 0.15) is 5.56 Å². The molecule has 0 radical (unpaired) electrons. The van der Waals surface area contributed by atoms with Crippen LogP contribution in [0.3, 0.4) is 0 Å². The van der Waals surface area contributed by atoms with Crippen molar-refractivity contribution >= 4 is 30.0 Å². The van der Waals surface area contributed by atoms with Crippen LogP contribution >= 0.6 is 24.0 Å². The lowest BCUT2D eigenvalue weighted by Gasteiger charge is -2.09. The van der Waals surface area contributed by atoms with Gasteiger partial charge < -0.3 is 10.5 Å². The summed E-state index contributed by atoms with van der Waals surface area (Å²) in [6.45, 7) is 0. The van der Waals surface area contributed by atoms with Crippen LogP contribution in [0.5, 0.6) is 0 Å². The van der Waals surface area contributed by atoms with E-state index in [0.717, 1.165) is 0 Å². The van der Waals surface area contributed by atoms with Crippen molar-refractivity contribution in [2.75, 3.05) is 7.11 Å². The number of carbonyl (C=O) groups excluding carboxylic acids is 1. The average molecular weight is 268 g/mol. The number of nitrogens with two attached hydrogens (primary N) is 1. The van der Waals surface area contributed by atoms with Gasteiger partial charge in [0.25, 0.3) is 0 Å². The van der Waals surface area contributed by atoms with Crippen molar-refractivity contribution in [3.63, 3.8) is 0 Å². The first-order chi connectivity index (χ1) is 7.04. The van der Waals surface area contributed by atoms with Crippen LogP contribution in [0.2, 0.25) is 5.02 Å². The Kier molecular flexibility index (Phi) is 6.33. The highest BCUT2D eigenvalue weighted by Crippen LogP contribution is 2.16. The predicted octanol–water partition coefficient (Wildman–Crippen LogP) is 1.94. The third-order valence-corrected chi connectivity index (χ3v) is 2.25.